The van der Waals surface area contributed by atoms with Crippen molar-refractivity contribution in [1.82, 2.24) is 10.6 Å². The van der Waals surface area contributed by atoms with E-state index in [0.717, 1.165) is 5.56 Å². The number of carboxylic acids is 1. The number of benzene rings is 2. The van der Waals surface area contributed by atoms with E-state index in [1.54, 1.807) is 24.3 Å². The van der Waals surface area contributed by atoms with Gasteiger partial charge in [-0.25, -0.2) is 4.79 Å². The summed E-state index contributed by atoms with van der Waals surface area (Å²) in [6.07, 6.45) is 0.316. The van der Waals surface area contributed by atoms with Gasteiger partial charge >= 0.3 is 5.97 Å². The molecule has 0 spiro atoms. The maximum atomic E-state index is 12.7. The number of carbonyl (C=O) groups is 3. The number of amides is 2. The maximum absolute atomic E-state index is 12.7. The number of aliphatic carboxylic acids is 1. The Labute approximate surface area is 163 Å². The van der Waals surface area contributed by atoms with Crippen LogP contribution in [0.3, 0.4) is 0 Å². The lowest BCUT2D eigenvalue weighted by Gasteiger charge is -2.21. The molecule has 0 heterocycles. The Bertz CT molecular complexity index is 823. The predicted molar refractivity (Wildman–Crippen MR) is 104 cm³/mol. The van der Waals surface area contributed by atoms with Crippen LogP contribution in [0.25, 0.3) is 0 Å². The average molecular weight is 384 g/mol. The highest BCUT2D eigenvalue weighted by Gasteiger charge is 2.27. The van der Waals surface area contributed by atoms with Gasteiger partial charge in [-0.1, -0.05) is 48.5 Å². The summed E-state index contributed by atoms with van der Waals surface area (Å²) in [5.74, 6) is -1.54. The zero-order valence-corrected chi connectivity index (χ0v) is 15.8. The van der Waals surface area contributed by atoms with Gasteiger partial charge in [-0.05, 0) is 17.2 Å². The molecular weight excluding hydrogens is 360 g/mol. The molecule has 0 aliphatic heterocycles. The molecule has 0 saturated heterocycles. The van der Waals surface area contributed by atoms with Crippen LogP contribution in [-0.2, 0) is 27.2 Å². The summed E-state index contributed by atoms with van der Waals surface area (Å²) in [6, 6.07) is 14.2. The normalized spacial score (nSPS) is 12.5. The molecular formula is C21H24N2O5. The molecule has 0 radical (unpaired) electrons. The Morgan fingerprint density at radius 1 is 0.929 bits per heavy atom. The number of hydrogen-bond acceptors (Lipinski definition) is 4. The van der Waals surface area contributed by atoms with Gasteiger partial charge in [0, 0.05) is 19.8 Å². The molecule has 0 saturated carbocycles. The van der Waals surface area contributed by atoms with Crippen LogP contribution in [0.15, 0.2) is 54.6 Å². The van der Waals surface area contributed by atoms with E-state index in [0.29, 0.717) is 11.3 Å². The number of methoxy groups -OCH3 is 1. The van der Waals surface area contributed by atoms with Gasteiger partial charge in [-0.15, -0.1) is 0 Å². The van der Waals surface area contributed by atoms with Gasteiger partial charge in [-0.3, -0.25) is 9.59 Å². The summed E-state index contributed by atoms with van der Waals surface area (Å²) in [5, 5.41) is 14.7. The molecule has 148 valence electrons. The molecule has 0 fully saturated rings. The maximum Gasteiger partial charge on any atom is 0.326 e. The number of carboxylic acid groups (broad SMARTS) is 1. The van der Waals surface area contributed by atoms with Crippen LogP contribution < -0.4 is 15.4 Å². The Kier molecular flexibility index (Phi) is 7.56. The highest BCUT2D eigenvalue weighted by molar-refractivity contribution is 5.90. The van der Waals surface area contributed by atoms with Gasteiger partial charge in [0.15, 0.2) is 0 Å². The number of para-hydroxylation sites is 1. The first-order valence-electron chi connectivity index (χ1n) is 8.86. The third-order valence-electron chi connectivity index (χ3n) is 4.21. The molecule has 2 aromatic carbocycles. The van der Waals surface area contributed by atoms with Crippen LogP contribution in [0.4, 0.5) is 0 Å². The van der Waals surface area contributed by atoms with Gasteiger partial charge in [0.2, 0.25) is 11.8 Å². The van der Waals surface area contributed by atoms with E-state index >= 15 is 0 Å². The summed E-state index contributed by atoms with van der Waals surface area (Å²) >= 11 is 0. The molecule has 2 atom stereocenters. The molecule has 28 heavy (non-hydrogen) atoms. The minimum atomic E-state index is -1.17. The monoisotopic (exact) mass is 384 g/mol. The van der Waals surface area contributed by atoms with Crippen molar-refractivity contribution < 1.29 is 24.2 Å². The molecule has 0 aliphatic carbocycles. The number of ether oxygens (including phenoxy) is 1. The van der Waals surface area contributed by atoms with Crippen LogP contribution in [0.5, 0.6) is 5.75 Å². The quantitative estimate of drug-likeness (QED) is 0.609. The molecule has 7 nitrogen and oxygen atoms in total. The third kappa shape index (κ3) is 6.12. The van der Waals surface area contributed by atoms with Crippen molar-refractivity contribution in [1.29, 1.82) is 0 Å². The fraction of sp³-hybridized carbons (Fsp3) is 0.286. The van der Waals surface area contributed by atoms with Gasteiger partial charge in [-0.2, -0.15) is 0 Å². The Hall–Kier alpha value is -3.35. The second kappa shape index (κ2) is 10.1. The first kappa shape index (κ1) is 21.0. The van der Waals surface area contributed by atoms with Crippen LogP contribution in [-0.4, -0.2) is 42.1 Å². The third-order valence-corrected chi connectivity index (χ3v) is 4.21. The van der Waals surface area contributed by atoms with E-state index in [1.165, 1.54) is 14.0 Å². The molecule has 2 amide bonds. The lowest BCUT2D eigenvalue weighted by atomic mass is 10.0. The topological polar surface area (TPSA) is 105 Å². The van der Waals surface area contributed by atoms with E-state index in [2.05, 4.69) is 10.6 Å². The summed E-state index contributed by atoms with van der Waals surface area (Å²) in [7, 11) is 1.50. The highest BCUT2D eigenvalue weighted by atomic mass is 16.5. The van der Waals surface area contributed by atoms with Crippen molar-refractivity contribution in [2.75, 3.05) is 7.11 Å². The molecule has 3 N–H and O–H groups in total. The summed E-state index contributed by atoms with van der Waals surface area (Å²) in [4.78, 5) is 35.9. The summed E-state index contributed by atoms with van der Waals surface area (Å²) in [6.45, 7) is 1.31. The van der Waals surface area contributed by atoms with Gasteiger partial charge in [0.05, 0.1) is 7.11 Å². The first-order chi connectivity index (χ1) is 13.4. The van der Waals surface area contributed by atoms with E-state index < -0.39 is 24.0 Å². The number of rotatable bonds is 9. The van der Waals surface area contributed by atoms with Crippen molar-refractivity contribution in [2.24, 2.45) is 0 Å². The highest BCUT2D eigenvalue weighted by Crippen LogP contribution is 2.19. The average Bonchev–Trinajstić information content (AvgIpc) is 2.67. The second-order valence-corrected chi connectivity index (χ2v) is 6.36. The van der Waals surface area contributed by atoms with Crippen LogP contribution >= 0.6 is 0 Å². The fourth-order valence-corrected chi connectivity index (χ4v) is 2.87. The Morgan fingerprint density at radius 3 is 2.18 bits per heavy atom. The predicted octanol–water partition coefficient (Wildman–Crippen LogP) is 1.55. The van der Waals surface area contributed by atoms with Crippen LogP contribution in [0, 0.1) is 0 Å². The minimum absolute atomic E-state index is 0.0587. The van der Waals surface area contributed by atoms with Crippen molar-refractivity contribution >= 4 is 17.8 Å². The van der Waals surface area contributed by atoms with E-state index in [-0.39, 0.29) is 18.7 Å². The molecule has 2 aromatic rings. The summed E-state index contributed by atoms with van der Waals surface area (Å²) < 4.78 is 5.25. The standard InChI is InChI=1S/C21H24N2O5/c1-14(24)22-17(12-15-8-4-3-5-9-15)20(25)23-18(21(26)27)13-16-10-6-7-11-19(16)28-2/h3-11,17-18H,12-13H2,1-2H3,(H,22,24)(H,23,25)(H,26,27)/t17-,18+/m1/s1. The first-order valence-corrected chi connectivity index (χ1v) is 8.86. The van der Waals surface area contributed by atoms with Gasteiger partial charge < -0.3 is 20.5 Å². The number of nitrogens with one attached hydrogen (secondary N) is 2. The van der Waals surface area contributed by atoms with Crippen LogP contribution in [0.2, 0.25) is 0 Å². The lowest BCUT2D eigenvalue weighted by molar-refractivity contribution is -0.142. The summed E-state index contributed by atoms with van der Waals surface area (Å²) in [5.41, 5.74) is 1.52. The SMILES string of the molecule is COc1ccccc1C[C@H](NC(=O)[C@@H](Cc1ccccc1)NC(C)=O)C(=O)O. The van der Waals surface area contributed by atoms with Crippen molar-refractivity contribution in [2.45, 2.75) is 31.8 Å². The van der Waals surface area contributed by atoms with Gasteiger partial charge in [0.1, 0.15) is 17.8 Å². The van der Waals surface area contributed by atoms with Crippen molar-refractivity contribution in [3.63, 3.8) is 0 Å². The zero-order valence-electron chi connectivity index (χ0n) is 15.8. The minimum Gasteiger partial charge on any atom is -0.496 e. The van der Waals surface area contributed by atoms with E-state index in [1.807, 2.05) is 30.3 Å². The molecule has 0 unspecified atom stereocenters. The zero-order chi connectivity index (χ0) is 20.5. The number of carbonyl (C=O) groups excluding carboxylic acids is 2. The Morgan fingerprint density at radius 2 is 1.57 bits per heavy atom. The Balaban J connectivity index is 2.15. The van der Waals surface area contributed by atoms with Crippen molar-refractivity contribution in [3.05, 3.63) is 65.7 Å². The molecule has 2 rings (SSSR count). The smallest absolute Gasteiger partial charge is 0.326 e. The second-order valence-electron chi connectivity index (χ2n) is 6.36. The lowest BCUT2D eigenvalue weighted by Crippen LogP contribution is -2.52. The molecule has 0 bridgehead atoms. The molecule has 0 aromatic heterocycles. The fourth-order valence-electron chi connectivity index (χ4n) is 2.87. The van der Waals surface area contributed by atoms with E-state index in [9.17, 15) is 19.5 Å². The van der Waals surface area contributed by atoms with E-state index in [4.69, 9.17) is 4.74 Å². The number of hydrogen-bond donors (Lipinski definition) is 3. The largest absolute Gasteiger partial charge is 0.496 e. The van der Waals surface area contributed by atoms with Crippen molar-refractivity contribution in [3.8, 4) is 5.75 Å². The van der Waals surface area contributed by atoms with Crippen LogP contribution in [0.1, 0.15) is 18.1 Å². The van der Waals surface area contributed by atoms with Gasteiger partial charge in [0.25, 0.3) is 0 Å². The molecule has 0 aliphatic rings. The molecule has 7 heteroatoms.